The Morgan fingerprint density at radius 1 is 1.52 bits per heavy atom. The van der Waals surface area contributed by atoms with Crippen LogP contribution in [-0.4, -0.2) is 29.3 Å². The van der Waals surface area contributed by atoms with Gasteiger partial charge in [0.05, 0.1) is 24.9 Å². The van der Waals surface area contributed by atoms with E-state index in [0.29, 0.717) is 23.6 Å². The second-order valence-corrected chi connectivity index (χ2v) is 4.90. The largest absolute Gasteiger partial charge is 0.463 e. The summed E-state index contributed by atoms with van der Waals surface area (Å²) in [5.74, 6) is 0.989. The molecule has 0 bridgehead atoms. The molecule has 2 unspecified atom stereocenters. The molecule has 2 atom stereocenters. The number of H-pyrrole nitrogens is 1. The molecule has 1 N–H and O–H groups in total. The number of methoxy groups -OCH3 is 1. The maximum atomic E-state index is 11.5. The number of furan rings is 1. The van der Waals surface area contributed by atoms with Crippen LogP contribution in [0.2, 0.25) is 0 Å². The summed E-state index contributed by atoms with van der Waals surface area (Å²) >= 11 is 0. The SMILES string of the molecule is CCC(C)C(c1ncc(C=O)[nH]1)c1ccc(C(=O)OC)o1. The number of carbonyl (C=O) groups is 2. The van der Waals surface area contributed by atoms with Crippen molar-refractivity contribution in [1.82, 2.24) is 9.97 Å². The van der Waals surface area contributed by atoms with Crippen molar-refractivity contribution in [2.24, 2.45) is 5.92 Å². The molecular formula is C15H18N2O4. The first-order valence-electron chi connectivity index (χ1n) is 6.78. The van der Waals surface area contributed by atoms with Gasteiger partial charge in [-0.15, -0.1) is 0 Å². The number of aromatic nitrogens is 2. The van der Waals surface area contributed by atoms with E-state index in [4.69, 9.17) is 4.42 Å². The van der Waals surface area contributed by atoms with Gasteiger partial charge in [-0.3, -0.25) is 4.79 Å². The molecule has 0 aliphatic rings. The Kier molecular flexibility index (Phi) is 4.57. The molecule has 0 saturated carbocycles. The third-order valence-corrected chi connectivity index (χ3v) is 3.57. The summed E-state index contributed by atoms with van der Waals surface area (Å²) in [4.78, 5) is 29.5. The molecule has 0 aliphatic carbocycles. The summed E-state index contributed by atoms with van der Waals surface area (Å²) in [7, 11) is 1.31. The molecule has 2 rings (SSSR count). The van der Waals surface area contributed by atoms with Crippen molar-refractivity contribution in [2.45, 2.75) is 26.2 Å². The van der Waals surface area contributed by atoms with E-state index in [0.717, 1.165) is 6.42 Å². The van der Waals surface area contributed by atoms with Gasteiger partial charge >= 0.3 is 5.97 Å². The first kappa shape index (κ1) is 15.0. The summed E-state index contributed by atoms with van der Waals surface area (Å²) < 4.78 is 10.2. The number of rotatable bonds is 6. The fourth-order valence-electron chi connectivity index (χ4n) is 2.22. The Balaban J connectivity index is 2.38. The number of nitrogens with one attached hydrogen (secondary N) is 1. The van der Waals surface area contributed by atoms with Crippen molar-refractivity contribution < 1.29 is 18.7 Å². The van der Waals surface area contributed by atoms with Gasteiger partial charge in [-0.05, 0) is 18.1 Å². The Hall–Kier alpha value is -2.37. The Morgan fingerprint density at radius 3 is 2.86 bits per heavy atom. The van der Waals surface area contributed by atoms with Gasteiger partial charge in [0, 0.05) is 0 Å². The van der Waals surface area contributed by atoms with Crippen LogP contribution in [0.25, 0.3) is 0 Å². The zero-order valence-electron chi connectivity index (χ0n) is 12.3. The molecule has 21 heavy (non-hydrogen) atoms. The number of carbonyl (C=O) groups excluding carboxylic acids is 2. The lowest BCUT2D eigenvalue weighted by molar-refractivity contribution is 0.0562. The monoisotopic (exact) mass is 290 g/mol. The summed E-state index contributed by atoms with van der Waals surface area (Å²) in [6, 6.07) is 3.33. The first-order valence-corrected chi connectivity index (χ1v) is 6.78. The topological polar surface area (TPSA) is 85.2 Å². The third kappa shape index (κ3) is 3.04. The van der Waals surface area contributed by atoms with Crippen LogP contribution in [0.5, 0.6) is 0 Å². The second-order valence-electron chi connectivity index (χ2n) is 4.90. The maximum Gasteiger partial charge on any atom is 0.373 e. The van der Waals surface area contributed by atoms with Crippen LogP contribution >= 0.6 is 0 Å². The van der Waals surface area contributed by atoms with Crippen LogP contribution in [0.4, 0.5) is 0 Å². The van der Waals surface area contributed by atoms with E-state index in [1.807, 2.05) is 0 Å². The Labute approximate surface area is 122 Å². The average Bonchev–Trinajstić information content (AvgIpc) is 3.16. The van der Waals surface area contributed by atoms with Crippen LogP contribution in [0.15, 0.2) is 22.7 Å². The molecule has 0 aliphatic heterocycles. The molecule has 0 saturated heterocycles. The lowest BCUT2D eigenvalue weighted by Gasteiger charge is -2.18. The molecular weight excluding hydrogens is 272 g/mol. The highest BCUT2D eigenvalue weighted by atomic mass is 16.5. The Bertz CT molecular complexity index is 629. The van der Waals surface area contributed by atoms with E-state index in [9.17, 15) is 9.59 Å². The molecule has 0 radical (unpaired) electrons. The molecule has 6 heteroatoms. The van der Waals surface area contributed by atoms with Crippen LogP contribution in [0.3, 0.4) is 0 Å². The predicted octanol–water partition coefficient (Wildman–Crippen LogP) is 2.78. The van der Waals surface area contributed by atoms with E-state index >= 15 is 0 Å². The molecule has 2 aromatic rings. The number of aromatic amines is 1. The van der Waals surface area contributed by atoms with Gasteiger partial charge in [0.2, 0.25) is 5.76 Å². The predicted molar refractivity (Wildman–Crippen MR) is 75.3 cm³/mol. The minimum atomic E-state index is -0.517. The summed E-state index contributed by atoms with van der Waals surface area (Å²) in [6.07, 6.45) is 3.10. The van der Waals surface area contributed by atoms with Crippen molar-refractivity contribution in [1.29, 1.82) is 0 Å². The van der Waals surface area contributed by atoms with E-state index in [1.165, 1.54) is 13.3 Å². The highest BCUT2D eigenvalue weighted by Crippen LogP contribution is 2.33. The fourth-order valence-corrected chi connectivity index (χ4v) is 2.22. The zero-order valence-corrected chi connectivity index (χ0v) is 12.3. The number of imidazole rings is 1. The van der Waals surface area contributed by atoms with Crippen molar-refractivity contribution in [3.8, 4) is 0 Å². The Morgan fingerprint density at radius 2 is 2.29 bits per heavy atom. The number of nitrogens with zero attached hydrogens (tertiary/aromatic N) is 1. The van der Waals surface area contributed by atoms with Crippen molar-refractivity contribution in [3.63, 3.8) is 0 Å². The molecule has 112 valence electrons. The molecule has 6 nitrogen and oxygen atoms in total. The lowest BCUT2D eigenvalue weighted by atomic mass is 9.89. The summed E-state index contributed by atoms with van der Waals surface area (Å²) in [6.45, 7) is 4.12. The number of hydrogen-bond donors (Lipinski definition) is 1. The van der Waals surface area contributed by atoms with Gasteiger partial charge in [-0.1, -0.05) is 20.3 Å². The number of hydrogen-bond acceptors (Lipinski definition) is 5. The maximum absolute atomic E-state index is 11.5. The van der Waals surface area contributed by atoms with Crippen LogP contribution in [0.1, 0.15) is 58.8 Å². The lowest BCUT2D eigenvalue weighted by Crippen LogP contribution is -2.12. The smallest absolute Gasteiger partial charge is 0.373 e. The minimum absolute atomic E-state index is 0.151. The van der Waals surface area contributed by atoms with E-state index in [1.54, 1.807) is 12.1 Å². The van der Waals surface area contributed by atoms with Gasteiger partial charge in [-0.2, -0.15) is 0 Å². The van der Waals surface area contributed by atoms with Gasteiger partial charge in [0.1, 0.15) is 11.6 Å². The zero-order chi connectivity index (χ0) is 15.4. The molecule has 0 aromatic carbocycles. The molecule has 0 amide bonds. The van der Waals surface area contributed by atoms with Gasteiger partial charge < -0.3 is 14.1 Å². The number of esters is 1. The van der Waals surface area contributed by atoms with Crippen LogP contribution in [0, 0.1) is 5.92 Å². The van der Waals surface area contributed by atoms with Crippen molar-refractivity contribution in [3.05, 3.63) is 41.4 Å². The van der Waals surface area contributed by atoms with E-state index < -0.39 is 5.97 Å². The third-order valence-electron chi connectivity index (χ3n) is 3.57. The summed E-state index contributed by atoms with van der Waals surface area (Å²) in [5.41, 5.74) is 0.415. The standard InChI is InChI=1S/C15H18N2O4/c1-4-9(2)13(14-16-7-10(8-18)17-14)11-5-6-12(21-11)15(19)20-3/h5-9,13H,4H2,1-3H3,(H,16,17). The minimum Gasteiger partial charge on any atom is -0.463 e. The van der Waals surface area contributed by atoms with Crippen LogP contribution in [-0.2, 0) is 4.74 Å². The molecule has 0 fully saturated rings. The van der Waals surface area contributed by atoms with Crippen molar-refractivity contribution in [2.75, 3.05) is 7.11 Å². The highest BCUT2D eigenvalue weighted by Gasteiger charge is 2.27. The van der Waals surface area contributed by atoms with E-state index in [-0.39, 0.29) is 17.6 Å². The van der Waals surface area contributed by atoms with Crippen molar-refractivity contribution >= 4 is 12.3 Å². The van der Waals surface area contributed by atoms with Gasteiger partial charge in [0.15, 0.2) is 6.29 Å². The molecule has 2 aromatic heterocycles. The second kappa shape index (κ2) is 6.39. The number of ether oxygens (including phenoxy) is 1. The molecule has 2 heterocycles. The quantitative estimate of drug-likeness (QED) is 0.653. The van der Waals surface area contributed by atoms with Gasteiger partial charge in [-0.25, -0.2) is 9.78 Å². The summed E-state index contributed by atoms with van der Waals surface area (Å²) in [5, 5.41) is 0. The highest BCUT2D eigenvalue weighted by molar-refractivity contribution is 5.86. The van der Waals surface area contributed by atoms with Gasteiger partial charge in [0.25, 0.3) is 0 Å². The number of aldehydes is 1. The average molecular weight is 290 g/mol. The first-order chi connectivity index (χ1) is 10.1. The van der Waals surface area contributed by atoms with E-state index in [2.05, 4.69) is 28.6 Å². The van der Waals surface area contributed by atoms with Crippen LogP contribution < -0.4 is 0 Å². The molecule has 0 spiro atoms. The fraction of sp³-hybridized carbons (Fsp3) is 0.400. The normalized spacial score (nSPS) is 13.7.